The van der Waals surface area contributed by atoms with Crippen LogP contribution >= 0.6 is 23.2 Å². The van der Waals surface area contributed by atoms with Gasteiger partial charge in [-0.25, -0.2) is 4.98 Å². The Morgan fingerprint density at radius 2 is 2.33 bits per heavy atom. The molecule has 0 radical (unpaired) electrons. The molecule has 0 atom stereocenters. The fourth-order valence-corrected chi connectivity index (χ4v) is 0.814. The maximum absolute atomic E-state index is 5.65. The van der Waals surface area contributed by atoms with Gasteiger partial charge in [-0.05, 0) is 11.6 Å². The van der Waals surface area contributed by atoms with E-state index in [1.165, 1.54) is 6.20 Å². The number of nitrogens with zero attached hydrogens (tertiary/aromatic N) is 2. The molecule has 0 aromatic carbocycles. The zero-order valence-electron chi connectivity index (χ0n) is 5.92. The van der Waals surface area contributed by atoms with Crippen LogP contribution in [0.25, 0.3) is 0 Å². The van der Waals surface area contributed by atoms with Crippen molar-refractivity contribution in [1.82, 2.24) is 9.97 Å². The van der Waals surface area contributed by atoms with Gasteiger partial charge in [0.1, 0.15) is 5.02 Å². The lowest BCUT2D eigenvalue weighted by atomic mass is 10.6. The minimum atomic E-state index is 0.0754. The molecule has 0 fully saturated rings. The van der Waals surface area contributed by atoms with Gasteiger partial charge in [0.15, 0.2) is 6.61 Å². The van der Waals surface area contributed by atoms with Crippen molar-refractivity contribution in [3.8, 4) is 18.2 Å². The Hall–Kier alpha value is -0.980. The van der Waals surface area contributed by atoms with E-state index >= 15 is 0 Å². The zero-order valence-corrected chi connectivity index (χ0v) is 7.43. The van der Waals surface area contributed by atoms with Crippen molar-refractivity contribution in [2.24, 2.45) is 0 Å². The monoisotopic (exact) mass is 202 g/mol. The lowest BCUT2D eigenvalue weighted by molar-refractivity contribution is 0.355. The maximum Gasteiger partial charge on any atom is 0.237 e. The number of terminal acetylenes is 1. The Morgan fingerprint density at radius 3 is 3.00 bits per heavy atom. The summed E-state index contributed by atoms with van der Waals surface area (Å²) in [4.78, 5) is 7.35. The van der Waals surface area contributed by atoms with Crippen LogP contribution in [0.2, 0.25) is 10.3 Å². The van der Waals surface area contributed by atoms with E-state index in [2.05, 4.69) is 15.9 Å². The summed E-state index contributed by atoms with van der Waals surface area (Å²) in [6.45, 7) is 0.104. The quantitative estimate of drug-likeness (QED) is 0.542. The molecule has 1 rings (SSSR count). The van der Waals surface area contributed by atoms with Crippen LogP contribution in [0, 0.1) is 12.3 Å². The average molecular weight is 203 g/mol. The average Bonchev–Trinajstić information content (AvgIpc) is 2.07. The van der Waals surface area contributed by atoms with E-state index in [1.807, 2.05) is 0 Å². The molecule has 5 heteroatoms. The molecule has 62 valence electrons. The molecule has 0 bridgehead atoms. The third kappa shape index (κ3) is 2.26. The van der Waals surface area contributed by atoms with Crippen molar-refractivity contribution >= 4 is 23.2 Å². The molecular formula is C7H4Cl2N2O. The molecule has 1 aromatic rings. The number of rotatable bonds is 2. The minimum Gasteiger partial charge on any atom is -0.463 e. The van der Waals surface area contributed by atoms with Crippen LogP contribution in [-0.2, 0) is 0 Å². The second-order valence-electron chi connectivity index (χ2n) is 1.78. The van der Waals surface area contributed by atoms with E-state index in [4.69, 9.17) is 34.4 Å². The van der Waals surface area contributed by atoms with Crippen molar-refractivity contribution in [2.45, 2.75) is 0 Å². The predicted octanol–water partition coefficient (Wildman–Crippen LogP) is 1.80. The van der Waals surface area contributed by atoms with E-state index in [1.54, 1.807) is 0 Å². The van der Waals surface area contributed by atoms with Gasteiger partial charge >= 0.3 is 0 Å². The number of hydrogen-bond donors (Lipinski definition) is 0. The summed E-state index contributed by atoms with van der Waals surface area (Å²) >= 11 is 11.1. The summed E-state index contributed by atoms with van der Waals surface area (Å²) in [5.41, 5.74) is 0. The van der Waals surface area contributed by atoms with Crippen LogP contribution in [0.15, 0.2) is 6.20 Å². The Labute approximate surface area is 79.7 Å². The fraction of sp³-hybridized carbons (Fsp3) is 0.143. The normalized spacial score (nSPS) is 9.08. The molecule has 0 saturated carbocycles. The second kappa shape index (κ2) is 4.15. The topological polar surface area (TPSA) is 35.0 Å². The Balaban J connectivity index is 2.84. The van der Waals surface area contributed by atoms with Crippen LogP contribution < -0.4 is 4.74 Å². The van der Waals surface area contributed by atoms with Crippen molar-refractivity contribution in [1.29, 1.82) is 0 Å². The zero-order chi connectivity index (χ0) is 8.97. The molecule has 0 aliphatic carbocycles. The summed E-state index contributed by atoms with van der Waals surface area (Å²) in [5, 5.41) is 0.362. The first-order chi connectivity index (χ1) is 5.74. The Morgan fingerprint density at radius 1 is 1.58 bits per heavy atom. The van der Waals surface area contributed by atoms with Crippen molar-refractivity contribution in [3.05, 3.63) is 16.5 Å². The summed E-state index contributed by atoms with van der Waals surface area (Å²) in [5.74, 6) is 2.48. The molecular weight excluding hydrogens is 199 g/mol. The molecule has 12 heavy (non-hydrogen) atoms. The van der Waals surface area contributed by atoms with Crippen LogP contribution in [0.5, 0.6) is 5.88 Å². The van der Waals surface area contributed by atoms with E-state index < -0.39 is 0 Å². The standard InChI is InChI=1S/C7H4Cl2N2O/c1-2-3-12-6-5(8)4-10-7(9)11-6/h1,4H,3H2. The van der Waals surface area contributed by atoms with Gasteiger partial charge in [0.25, 0.3) is 0 Å². The van der Waals surface area contributed by atoms with Gasteiger partial charge in [-0.2, -0.15) is 4.98 Å². The largest absolute Gasteiger partial charge is 0.463 e. The smallest absolute Gasteiger partial charge is 0.237 e. The van der Waals surface area contributed by atoms with Gasteiger partial charge in [-0.3, -0.25) is 0 Å². The lowest BCUT2D eigenvalue weighted by Crippen LogP contribution is -1.97. The van der Waals surface area contributed by atoms with Crippen LogP contribution in [-0.4, -0.2) is 16.6 Å². The summed E-state index contributed by atoms with van der Waals surface area (Å²) in [6.07, 6.45) is 6.32. The molecule has 0 unspecified atom stereocenters. The Kier molecular flexibility index (Phi) is 3.15. The molecule has 0 amide bonds. The van der Waals surface area contributed by atoms with Crippen LogP contribution in [0.4, 0.5) is 0 Å². The molecule has 3 nitrogen and oxygen atoms in total. The SMILES string of the molecule is C#CCOc1nc(Cl)ncc1Cl. The highest BCUT2D eigenvalue weighted by atomic mass is 35.5. The highest BCUT2D eigenvalue weighted by molar-refractivity contribution is 6.32. The van der Waals surface area contributed by atoms with Gasteiger partial charge in [0, 0.05) is 0 Å². The molecule has 0 N–H and O–H groups in total. The van der Waals surface area contributed by atoms with Gasteiger partial charge in [-0.1, -0.05) is 17.5 Å². The lowest BCUT2D eigenvalue weighted by Gasteiger charge is -2.01. The molecule has 0 saturated heterocycles. The van der Waals surface area contributed by atoms with Crippen LogP contribution in [0.3, 0.4) is 0 Å². The van der Waals surface area contributed by atoms with E-state index in [0.29, 0.717) is 0 Å². The highest BCUT2D eigenvalue weighted by Gasteiger charge is 2.03. The van der Waals surface area contributed by atoms with Crippen molar-refractivity contribution in [2.75, 3.05) is 6.61 Å². The molecule has 0 aliphatic heterocycles. The summed E-state index contributed by atoms with van der Waals surface area (Å²) in [6, 6.07) is 0. The maximum atomic E-state index is 5.65. The van der Waals surface area contributed by atoms with Crippen molar-refractivity contribution in [3.63, 3.8) is 0 Å². The van der Waals surface area contributed by atoms with Gasteiger partial charge in [0.05, 0.1) is 6.20 Å². The second-order valence-corrected chi connectivity index (χ2v) is 2.53. The van der Waals surface area contributed by atoms with E-state index in [-0.39, 0.29) is 22.8 Å². The minimum absolute atomic E-state index is 0.0754. The molecule has 0 spiro atoms. The Bertz CT molecular complexity index is 322. The van der Waals surface area contributed by atoms with Gasteiger partial charge in [0.2, 0.25) is 11.2 Å². The molecule has 1 aromatic heterocycles. The first kappa shape index (κ1) is 9.11. The highest BCUT2D eigenvalue weighted by Crippen LogP contribution is 2.21. The van der Waals surface area contributed by atoms with E-state index in [9.17, 15) is 0 Å². The number of aromatic nitrogens is 2. The van der Waals surface area contributed by atoms with Crippen molar-refractivity contribution < 1.29 is 4.74 Å². The number of ether oxygens (including phenoxy) is 1. The van der Waals surface area contributed by atoms with Crippen LogP contribution in [0.1, 0.15) is 0 Å². The number of halogens is 2. The predicted molar refractivity (Wildman–Crippen MR) is 46.4 cm³/mol. The first-order valence-electron chi connectivity index (χ1n) is 2.98. The summed E-state index contributed by atoms with van der Waals surface area (Å²) < 4.78 is 4.96. The molecule has 1 heterocycles. The summed E-state index contributed by atoms with van der Waals surface area (Å²) in [7, 11) is 0. The van der Waals surface area contributed by atoms with E-state index in [0.717, 1.165) is 0 Å². The first-order valence-corrected chi connectivity index (χ1v) is 3.74. The van der Waals surface area contributed by atoms with Gasteiger partial charge < -0.3 is 4.74 Å². The third-order valence-corrected chi connectivity index (χ3v) is 1.42. The number of hydrogen-bond acceptors (Lipinski definition) is 3. The fourth-order valence-electron chi connectivity index (χ4n) is 0.542. The third-order valence-electron chi connectivity index (χ3n) is 0.975. The molecule has 0 aliphatic rings. The van der Waals surface area contributed by atoms with Gasteiger partial charge in [-0.15, -0.1) is 6.42 Å².